The Balaban J connectivity index is 1.75. The van der Waals surface area contributed by atoms with E-state index in [1.807, 2.05) is 0 Å². The van der Waals surface area contributed by atoms with Gasteiger partial charge in [0.1, 0.15) is 5.78 Å². The normalized spacial score (nSPS) is 26.7. The number of ether oxygens (including phenoxy) is 2. The summed E-state index contributed by atoms with van der Waals surface area (Å²) < 4.78 is 11.1. The molecule has 2 atom stereocenters. The van der Waals surface area contributed by atoms with Crippen LogP contribution in [-0.2, 0) is 11.2 Å². The summed E-state index contributed by atoms with van der Waals surface area (Å²) in [4.78, 5) is 15.2. The summed E-state index contributed by atoms with van der Waals surface area (Å²) in [5.74, 6) is 2.57. The smallest absolute Gasteiger partial charge is 0.161 e. The average molecular weight is 370 g/mol. The van der Waals surface area contributed by atoms with Crippen LogP contribution in [0.15, 0.2) is 17.7 Å². The number of benzene rings is 1. The van der Waals surface area contributed by atoms with Crippen LogP contribution in [0.3, 0.4) is 0 Å². The summed E-state index contributed by atoms with van der Waals surface area (Å²) in [6, 6.07) is 4.30. The first-order valence-corrected chi connectivity index (χ1v) is 10.2. The monoisotopic (exact) mass is 369 g/mol. The summed E-state index contributed by atoms with van der Waals surface area (Å²) >= 11 is 0. The fraction of sp³-hybridized carbons (Fsp3) is 0.609. The minimum atomic E-state index is -0.114. The molecule has 3 aliphatic carbocycles. The van der Waals surface area contributed by atoms with Crippen molar-refractivity contribution in [2.45, 2.75) is 44.9 Å². The van der Waals surface area contributed by atoms with E-state index in [9.17, 15) is 4.79 Å². The molecule has 4 nitrogen and oxygen atoms in total. The number of Topliss-reactive ketones (excluding diaryl/α,β-unsaturated/α-hetero) is 1. The molecule has 4 heteroatoms. The Morgan fingerprint density at radius 2 is 1.81 bits per heavy atom. The van der Waals surface area contributed by atoms with E-state index in [2.05, 4.69) is 31.1 Å². The van der Waals surface area contributed by atoms with Gasteiger partial charge in [-0.05, 0) is 93.9 Å². The van der Waals surface area contributed by atoms with E-state index >= 15 is 0 Å². The number of allylic oxidation sites excluding steroid dienone is 2. The summed E-state index contributed by atoms with van der Waals surface area (Å²) in [7, 11) is 7.61. The number of rotatable bonds is 5. The Morgan fingerprint density at radius 3 is 2.52 bits per heavy atom. The van der Waals surface area contributed by atoms with E-state index in [0.29, 0.717) is 11.7 Å². The highest BCUT2D eigenvalue weighted by molar-refractivity contribution is 5.90. The molecule has 0 saturated heterocycles. The number of methoxy groups -OCH3 is 2. The minimum absolute atomic E-state index is 0.114. The number of ketones is 1. The molecule has 1 fully saturated rings. The molecule has 1 saturated carbocycles. The van der Waals surface area contributed by atoms with Gasteiger partial charge in [0.25, 0.3) is 0 Å². The Labute approximate surface area is 162 Å². The molecule has 0 unspecified atom stereocenters. The zero-order valence-corrected chi connectivity index (χ0v) is 17.1. The molecule has 1 aromatic carbocycles. The van der Waals surface area contributed by atoms with Gasteiger partial charge in [-0.1, -0.05) is 5.57 Å². The van der Waals surface area contributed by atoms with E-state index < -0.39 is 0 Å². The Morgan fingerprint density at radius 1 is 1.07 bits per heavy atom. The van der Waals surface area contributed by atoms with E-state index in [1.165, 1.54) is 16.7 Å². The van der Waals surface area contributed by atoms with Crippen LogP contribution in [0.5, 0.6) is 11.5 Å². The van der Waals surface area contributed by atoms with Gasteiger partial charge >= 0.3 is 0 Å². The number of aryl methyl sites for hydroxylation is 1. The molecular formula is C23H31NO3. The van der Waals surface area contributed by atoms with Crippen LogP contribution < -0.4 is 9.47 Å². The highest BCUT2D eigenvalue weighted by Gasteiger charge is 2.53. The van der Waals surface area contributed by atoms with Crippen molar-refractivity contribution >= 4 is 11.4 Å². The van der Waals surface area contributed by atoms with Gasteiger partial charge in [-0.3, -0.25) is 4.79 Å². The maximum Gasteiger partial charge on any atom is 0.161 e. The van der Waals surface area contributed by atoms with Crippen LogP contribution in [0.1, 0.15) is 49.7 Å². The van der Waals surface area contributed by atoms with Gasteiger partial charge in [0.2, 0.25) is 0 Å². The molecule has 0 aliphatic heterocycles. The lowest BCUT2D eigenvalue weighted by molar-refractivity contribution is -0.128. The average Bonchev–Trinajstić information content (AvgIpc) is 3.02. The fourth-order valence-electron chi connectivity index (χ4n) is 5.71. The van der Waals surface area contributed by atoms with Crippen molar-refractivity contribution in [2.75, 3.05) is 34.9 Å². The predicted molar refractivity (Wildman–Crippen MR) is 107 cm³/mol. The Kier molecular flexibility index (Phi) is 4.79. The summed E-state index contributed by atoms with van der Waals surface area (Å²) in [6.45, 7) is 0.993. The molecule has 0 spiro atoms. The number of fused-ring (bicyclic) bond motifs is 4. The van der Waals surface area contributed by atoms with Crippen molar-refractivity contribution in [3.63, 3.8) is 0 Å². The van der Waals surface area contributed by atoms with E-state index in [4.69, 9.17) is 9.47 Å². The van der Waals surface area contributed by atoms with Gasteiger partial charge in [-0.2, -0.15) is 0 Å². The lowest BCUT2D eigenvalue weighted by atomic mass is 9.60. The number of hydrogen-bond donors (Lipinski definition) is 0. The largest absolute Gasteiger partial charge is 0.493 e. The molecule has 0 amide bonds. The van der Waals surface area contributed by atoms with Crippen LogP contribution in [0, 0.1) is 11.3 Å². The second kappa shape index (κ2) is 6.97. The van der Waals surface area contributed by atoms with Gasteiger partial charge < -0.3 is 14.4 Å². The zero-order valence-electron chi connectivity index (χ0n) is 17.1. The number of nitrogens with zero attached hydrogens (tertiary/aromatic N) is 1. The van der Waals surface area contributed by atoms with Gasteiger partial charge in [0.05, 0.1) is 14.2 Å². The molecule has 0 N–H and O–H groups in total. The molecule has 4 rings (SSSR count). The highest BCUT2D eigenvalue weighted by atomic mass is 16.5. The van der Waals surface area contributed by atoms with Crippen molar-refractivity contribution in [1.82, 2.24) is 4.90 Å². The van der Waals surface area contributed by atoms with E-state index in [1.54, 1.807) is 19.8 Å². The van der Waals surface area contributed by atoms with Crippen LogP contribution >= 0.6 is 0 Å². The first kappa shape index (κ1) is 18.5. The molecular weight excluding hydrogens is 338 g/mol. The number of carbonyl (C=O) groups excluding carboxylic acids is 1. The molecule has 146 valence electrons. The maximum atomic E-state index is 13.0. The van der Waals surface area contributed by atoms with Gasteiger partial charge in [0, 0.05) is 11.8 Å². The van der Waals surface area contributed by atoms with E-state index in [0.717, 1.165) is 63.0 Å². The van der Waals surface area contributed by atoms with Crippen LogP contribution in [0.2, 0.25) is 0 Å². The van der Waals surface area contributed by atoms with Gasteiger partial charge in [0.15, 0.2) is 11.5 Å². The second-order valence-electron chi connectivity index (χ2n) is 8.59. The third-order valence-electron chi connectivity index (χ3n) is 7.12. The first-order chi connectivity index (χ1) is 13.0. The van der Waals surface area contributed by atoms with Gasteiger partial charge in [-0.15, -0.1) is 0 Å². The Bertz CT molecular complexity index is 795. The third-order valence-corrected chi connectivity index (χ3v) is 7.12. The lowest BCUT2D eigenvalue weighted by Crippen LogP contribution is -2.39. The van der Waals surface area contributed by atoms with Gasteiger partial charge in [-0.25, -0.2) is 0 Å². The number of hydrogen-bond acceptors (Lipinski definition) is 4. The van der Waals surface area contributed by atoms with Crippen molar-refractivity contribution in [3.8, 4) is 11.5 Å². The van der Waals surface area contributed by atoms with Crippen molar-refractivity contribution < 1.29 is 14.3 Å². The summed E-state index contributed by atoms with van der Waals surface area (Å²) in [5, 5.41) is 0. The Hall–Kier alpha value is -1.81. The summed E-state index contributed by atoms with van der Waals surface area (Å²) in [6.07, 6.45) is 6.91. The van der Waals surface area contributed by atoms with E-state index in [-0.39, 0.29) is 5.41 Å². The first-order valence-electron chi connectivity index (χ1n) is 10.2. The standard InChI is InChI=1S/C23H31NO3/c1-24(2)12-11-23-10-9-16-17(19(23)7-8-22(23)25)6-5-15-13-20(26-3)21(27-4)14-18(15)16/h13-14,19H,5-12H2,1-4H3/t19-,23+/m0/s1. The summed E-state index contributed by atoms with van der Waals surface area (Å²) in [5.41, 5.74) is 5.62. The quantitative estimate of drug-likeness (QED) is 0.783. The van der Waals surface area contributed by atoms with Crippen molar-refractivity contribution in [1.29, 1.82) is 0 Å². The molecule has 27 heavy (non-hydrogen) atoms. The molecule has 0 radical (unpaired) electrons. The molecule has 3 aliphatic rings. The second-order valence-corrected chi connectivity index (χ2v) is 8.59. The maximum absolute atomic E-state index is 13.0. The van der Waals surface area contributed by atoms with Crippen LogP contribution in [-0.4, -0.2) is 45.5 Å². The SMILES string of the molecule is COc1cc2c(cc1OC)C1=C(CC2)[C@@H]2CCC(=O)[C@@]2(CCN(C)C)CC1. The van der Waals surface area contributed by atoms with Crippen molar-refractivity contribution in [2.24, 2.45) is 11.3 Å². The lowest BCUT2D eigenvalue weighted by Gasteiger charge is -2.43. The van der Waals surface area contributed by atoms with Crippen LogP contribution in [0.25, 0.3) is 5.57 Å². The third kappa shape index (κ3) is 2.89. The molecule has 0 aromatic heterocycles. The van der Waals surface area contributed by atoms with Crippen LogP contribution in [0.4, 0.5) is 0 Å². The van der Waals surface area contributed by atoms with Crippen molar-refractivity contribution in [3.05, 3.63) is 28.8 Å². The molecule has 1 aromatic rings. The molecule has 0 heterocycles. The zero-order chi connectivity index (χ0) is 19.2. The topological polar surface area (TPSA) is 38.8 Å². The predicted octanol–water partition coefficient (Wildman–Crippen LogP) is 4.11. The number of carbonyl (C=O) groups is 1. The molecule has 0 bridgehead atoms. The highest BCUT2D eigenvalue weighted by Crippen LogP contribution is 2.58. The minimum Gasteiger partial charge on any atom is -0.493 e. The fourth-order valence-corrected chi connectivity index (χ4v) is 5.71.